The minimum Gasteiger partial charge on any atom is -0.368 e. The van der Waals surface area contributed by atoms with E-state index in [0.717, 1.165) is 12.8 Å². The first-order chi connectivity index (χ1) is 9.69. The lowest BCUT2D eigenvalue weighted by Gasteiger charge is -2.22. The molecular formula is C15H22O4S. The number of hydrogen-bond donors (Lipinski definition) is 0. The number of hydrogen-bond acceptors (Lipinski definition) is 5. The predicted octanol–water partition coefficient (Wildman–Crippen LogP) is 3.23. The van der Waals surface area contributed by atoms with Crippen molar-refractivity contribution in [3.8, 4) is 0 Å². The maximum atomic E-state index is 6.13. The van der Waals surface area contributed by atoms with E-state index in [9.17, 15) is 0 Å². The fourth-order valence-electron chi connectivity index (χ4n) is 2.85. The zero-order valence-electron chi connectivity index (χ0n) is 12.2. The van der Waals surface area contributed by atoms with Gasteiger partial charge in [0.2, 0.25) is 0 Å². The summed E-state index contributed by atoms with van der Waals surface area (Å²) < 4.78 is 23.5. The molecule has 0 amide bonds. The van der Waals surface area contributed by atoms with Gasteiger partial charge in [0, 0.05) is 4.88 Å². The molecule has 0 aromatic carbocycles. The minimum absolute atomic E-state index is 0.0378. The van der Waals surface area contributed by atoms with Crippen LogP contribution in [0, 0.1) is 6.92 Å². The molecule has 2 fully saturated rings. The monoisotopic (exact) mass is 298 g/mol. The van der Waals surface area contributed by atoms with Gasteiger partial charge in [0.05, 0.1) is 12.7 Å². The number of thiophene rings is 1. The summed E-state index contributed by atoms with van der Waals surface area (Å²) in [6.07, 6.45) is 1.50. The van der Waals surface area contributed by atoms with Crippen LogP contribution in [0.15, 0.2) is 11.4 Å². The van der Waals surface area contributed by atoms with Crippen LogP contribution in [-0.2, 0) is 25.6 Å². The van der Waals surface area contributed by atoms with Crippen LogP contribution in [-0.4, -0.2) is 30.9 Å². The summed E-state index contributed by atoms with van der Waals surface area (Å²) in [5.41, 5.74) is 1.25. The maximum absolute atomic E-state index is 6.13. The van der Waals surface area contributed by atoms with E-state index in [1.165, 1.54) is 10.4 Å². The van der Waals surface area contributed by atoms with Crippen LogP contribution in [0.4, 0.5) is 0 Å². The van der Waals surface area contributed by atoms with E-state index < -0.39 is 0 Å². The highest BCUT2D eigenvalue weighted by atomic mass is 32.1. The van der Waals surface area contributed by atoms with Crippen molar-refractivity contribution in [1.29, 1.82) is 0 Å². The topological polar surface area (TPSA) is 36.9 Å². The Morgan fingerprint density at radius 1 is 1.30 bits per heavy atom. The third-order valence-corrected chi connectivity index (χ3v) is 4.80. The van der Waals surface area contributed by atoms with Gasteiger partial charge in [-0.2, -0.15) is 0 Å². The van der Waals surface area contributed by atoms with Gasteiger partial charge in [-0.3, -0.25) is 0 Å². The van der Waals surface area contributed by atoms with Crippen LogP contribution >= 0.6 is 11.3 Å². The fraction of sp³-hybridized carbons (Fsp3) is 0.733. The van der Waals surface area contributed by atoms with Gasteiger partial charge in [-0.05, 0) is 37.3 Å². The zero-order chi connectivity index (χ0) is 14.1. The van der Waals surface area contributed by atoms with Crippen molar-refractivity contribution >= 4 is 11.3 Å². The summed E-state index contributed by atoms with van der Waals surface area (Å²) in [6, 6.07) is 2.12. The van der Waals surface area contributed by atoms with E-state index in [4.69, 9.17) is 18.9 Å². The van der Waals surface area contributed by atoms with Crippen LogP contribution in [0.25, 0.3) is 0 Å². The molecule has 2 aliphatic heterocycles. The average molecular weight is 298 g/mol. The van der Waals surface area contributed by atoms with Crippen molar-refractivity contribution in [2.75, 3.05) is 0 Å². The molecule has 112 valence electrons. The first-order valence-corrected chi connectivity index (χ1v) is 8.18. The molecular weight excluding hydrogens is 276 g/mol. The number of aryl methyl sites for hydroxylation is 1. The highest BCUT2D eigenvalue weighted by molar-refractivity contribution is 7.10. The Bertz CT molecular complexity index is 447. The minimum atomic E-state index is -0.268. The molecule has 2 aliphatic rings. The molecule has 0 bridgehead atoms. The van der Waals surface area contributed by atoms with Crippen molar-refractivity contribution in [2.24, 2.45) is 0 Å². The fourth-order valence-corrected chi connectivity index (χ4v) is 3.57. The van der Waals surface area contributed by atoms with E-state index in [0.29, 0.717) is 6.61 Å². The summed E-state index contributed by atoms with van der Waals surface area (Å²) in [4.78, 5) is 1.31. The van der Waals surface area contributed by atoms with E-state index in [2.05, 4.69) is 25.3 Å². The lowest BCUT2D eigenvalue weighted by Crippen LogP contribution is -2.35. The lowest BCUT2D eigenvalue weighted by atomic mass is 10.1. The molecule has 0 spiro atoms. The summed E-state index contributed by atoms with van der Waals surface area (Å²) >= 11 is 1.75. The second-order valence-corrected chi connectivity index (χ2v) is 6.53. The molecule has 5 heteroatoms. The lowest BCUT2D eigenvalue weighted by molar-refractivity contribution is -0.168. The van der Waals surface area contributed by atoms with Crippen LogP contribution in [0.5, 0.6) is 0 Å². The second-order valence-electron chi connectivity index (χ2n) is 5.41. The first kappa shape index (κ1) is 14.5. The van der Waals surface area contributed by atoms with Gasteiger partial charge in [-0.25, -0.2) is 0 Å². The van der Waals surface area contributed by atoms with E-state index >= 15 is 0 Å². The van der Waals surface area contributed by atoms with Gasteiger partial charge in [-0.1, -0.05) is 13.3 Å². The molecule has 0 N–H and O–H groups in total. The van der Waals surface area contributed by atoms with E-state index in [1.807, 2.05) is 6.92 Å². The standard InChI is InChI=1S/C15H22O4S/c1-4-5-12-13(14-15(19-12)18-10(3)17-14)16-8-11-6-7-20-9(11)2/h6-7,10,12-15H,4-5,8H2,1-3H3/t10?,12-,13+,14-,15+/m1/s1. The molecule has 3 rings (SSSR count). The normalized spacial score (nSPS) is 36.5. The third-order valence-electron chi connectivity index (χ3n) is 3.91. The van der Waals surface area contributed by atoms with Gasteiger partial charge < -0.3 is 18.9 Å². The predicted molar refractivity (Wildman–Crippen MR) is 76.6 cm³/mol. The number of ether oxygens (including phenoxy) is 4. The van der Waals surface area contributed by atoms with Crippen molar-refractivity contribution in [3.63, 3.8) is 0 Å². The molecule has 0 saturated carbocycles. The van der Waals surface area contributed by atoms with Gasteiger partial charge in [-0.15, -0.1) is 11.3 Å². The van der Waals surface area contributed by atoms with Gasteiger partial charge in [0.25, 0.3) is 0 Å². The Morgan fingerprint density at radius 2 is 2.15 bits per heavy atom. The van der Waals surface area contributed by atoms with Crippen LogP contribution in [0.1, 0.15) is 37.1 Å². The Morgan fingerprint density at radius 3 is 2.85 bits per heavy atom. The average Bonchev–Trinajstić information content (AvgIpc) is 3.04. The van der Waals surface area contributed by atoms with Crippen LogP contribution in [0.3, 0.4) is 0 Å². The Hall–Kier alpha value is -0.460. The summed E-state index contributed by atoms with van der Waals surface area (Å²) in [5, 5.41) is 2.10. The van der Waals surface area contributed by atoms with Gasteiger partial charge in [0.15, 0.2) is 12.6 Å². The van der Waals surface area contributed by atoms with Crippen molar-refractivity contribution in [2.45, 2.75) is 71.1 Å². The summed E-state index contributed by atoms with van der Waals surface area (Å²) in [5.74, 6) is 0. The molecule has 1 aromatic rings. The van der Waals surface area contributed by atoms with E-state index in [1.54, 1.807) is 11.3 Å². The Kier molecular flexibility index (Phi) is 4.43. The van der Waals surface area contributed by atoms with Crippen molar-refractivity contribution < 1.29 is 18.9 Å². The first-order valence-electron chi connectivity index (χ1n) is 7.30. The zero-order valence-corrected chi connectivity index (χ0v) is 13.0. The molecule has 20 heavy (non-hydrogen) atoms. The highest BCUT2D eigenvalue weighted by Crippen LogP contribution is 2.36. The second kappa shape index (κ2) is 6.12. The van der Waals surface area contributed by atoms with Crippen molar-refractivity contribution in [1.82, 2.24) is 0 Å². The largest absolute Gasteiger partial charge is 0.368 e. The van der Waals surface area contributed by atoms with Crippen LogP contribution < -0.4 is 0 Å². The molecule has 0 radical (unpaired) electrons. The summed E-state index contributed by atoms with van der Waals surface area (Å²) in [7, 11) is 0. The molecule has 3 heterocycles. The molecule has 1 unspecified atom stereocenters. The SMILES string of the molecule is CCC[C@H]1O[C@@H]2OC(C)O[C@@H]2[C@H]1OCc1ccsc1C. The number of fused-ring (bicyclic) bond motifs is 1. The molecule has 4 nitrogen and oxygen atoms in total. The molecule has 1 aromatic heterocycles. The smallest absolute Gasteiger partial charge is 0.189 e. The molecule has 0 aliphatic carbocycles. The molecule has 2 saturated heterocycles. The third kappa shape index (κ3) is 2.78. The highest BCUT2D eigenvalue weighted by Gasteiger charge is 2.51. The molecule has 5 atom stereocenters. The Labute approximate surface area is 124 Å². The van der Waals surface area contributed by atoms with Crippen LogP contribution in [0.2, 0.25) is 0 Å². The van der Waals surface area contributed by atoms with Gasteiger partial charge in [0.1, 0.15) is 12.2 Å². The van der Waals surface area contributed by atoms with Crippen molar-refractivity contribution in [3.05, 3.63) is 21.9 Å². The van der Waals surface area contributed by atoms with Gasteiger partial charge >= 0.3 is 0 Å². The number of rotatable bonds is 5. The summed E-state index contributed by atoms with van der Waals surface area (Å²) in [6.45, 7) is 6.79. The van der Waals surface area contributed by atoms with E-state index in [-0.39, 0.29) is 30.9 Å². The quantitative estimate of drug-likeness (QED) is 0.836. The Balaban J connectivity index is 1.66. The maximum Gasteiger partial charge on any atom is 0.189 e.